The average Bonchev–Trinajstić information content (AvgIpc) is 0.686. The van der Waals surface area contributed by atoms with Crippen molar-refractivity contribution in [3.63, 3.8) is 0 Å². The van der Waals surface area contributed by atoms with E-state index in [0.29, 0.717) is 5.41 Å². The third-order valence-electron chi connectivity index (χ3n) is 42.5. The van der Waals surface area contributed by atoms with E-state index >= 15 is 0 Å². The van der Waals surface area contributed by atoms with Gasteiger partial charge in [0.15, 0.2) is 6.71 Å². The van der Waals surface area contributed by atoms with Crippen LogP contribution in [0.2, 0.25) is 17.5 Å². The van der Waals surface area contributed by atoms with Crippen LogP contribution in [0.15, 0.2) is 0 Å². The largest absolute Gasteiger partial charge is 0.295 e. The lowest BCUT2D eigenvalue weighted by Gasteiger charge is -2.73. The summed E-state index contributed by atoms with van der Waals surface area (Å²) in [6.45, 7) is 9.03. The molecule has 590 valence electrons. The van der Waals surface area contributed by atoms with Gasteiger partial charge in [0, 0.05) is 36.3 Å². The maximum atomic E-state index is 4.11. The summed E-state index contributed by atoms with van der Waals surface area (Å²) in [5, 5.41) is 0. The Bertz CT molecular complexity index is 2670. The van der Waals surface area contributed by atoms with Crippen LogP contribution < -0.4 is 0 Å². The highest BCUT2D eigenvalue weighted by molar-refractivity contribution is 6.65. The second kappa shape index (κ2) is 32.2. The second-order valence-corrected chi connectivity index (χ2v) is 47.2. The highest BCUT2D eigenvalue weighted by atomic mass is 15.3. The van der Waals surface area contributed by atoms with E-state index in [9.17, 15) is 0 Å². The van der Waals surface area contributed by atoms with Crippen molar-refractivity contribution in [2.75, 3.05) is 0 Å². The van der Waals surface area contributed by atoms with Crippen LogP contribution in [-0.2, 0) is 0 Å². The maximum Gasteiger partial charge on any atom is 0.156 e. The fourth-order valence-corrected chi connectivity index (χ4v) is 38.7. The van der Waals surface area contributed by atoms with Crippen LogP contribution >= 0.6 is 0 Å². The first-order valence-electron chi connectivity index (χ1n) is 51.3. The van der Waals surface area contributed by atoms with Crippen molar-refractivity contribution < 1.29 is 0 Å². The quantitative estimate of drug-likeness (QED) is 0.190. The second-order valence-electron chi connectivity index (χ2n) is 47.2. The molecule has 20 aliphatic rings. The molecule has 18 aliphatic carbocycles. The Balaban J connectivity index is 0.760. The fraction of sp³-hybridized carbons (Fsp3) is 1.00. The molecule has 0 amide bonds. The predicted molar refractivity (Wildman–Crippen MR) is 443 cm³/mol. The van der Waals surface area contributed by atoms with Crippen molar-refractivity contribution in [1.82, 2.24) is 9.80 Å². The molecular weight excluding hydrogens is 1260 g/mol. The van der Waals surface area contributed by atoms with Crippen LogP contribution in [-0.4, -0.2) is 52.8 Å². The molecule has 20 rings (SSSR count). The monoisotopic (exact) mass is 1430 g/mol. The highest BCUT2D eigenvalue weighted by Crippen LogP contribution is 2.72. The smallest absolute Gasteiger partial charge is 0.156 e. The Morgan fingerprint density at radius 3 is 0.990 bits per heavy atom. The van der Waals surface area contributed by atoms with Crippen LogP contribution in [0.5, 0.6) is 0 Å². The molecule has 0 spiro atoms. The number of hydrogen-bond acceptors (Lipinski definition) is 2. The van der Waals surface area contributed by atoms with Crippen molar-refractivity contribution in [1.29, 1.82) is 0 Å². The number of hydrogen-bond donors (Lipinski definition) is 0. The molecule has 2 aliphatic heterocycles. The Morgan fingerprint density at radius 1 is 0.200 bits per heavy atom. The molecule has 0 aromatic rings. The Labute approximate surface area is 650 Å². The Hall–Kier alpha value is -0.0151. The van der Waals surface area contributed by atoms with Crippen molar-refractivity contribution in [3.8, 4) is 0 Å². The van der Waals surface area contributed by atoms with Crippen LogP contribution in [0.25, 0.3) is 0 Å². The molecule has 0 N–H and O–H groups in total. The molecule has 0 aromatic carbocycles. The van der Waals surface area contributed by atoms with Gasteiger partial charge in [0.1, 0.15) is 0 Å². The minimum absolute atomic E-state index is 0.456. The predicted octanol–water partition coefficient (Wildman–Crippen LogP) is 28.5. The van der Waals surface area contributed by atoms with Crippen molar-refractivity contribution in [2.24, 2.45) is 165 Å². The summed E-state index contributed by atoms with van der Waals surface area (Å²) in [6.07, 6.45) is 99.6. The van der Waals surface area contributed by atoms with Gasteiger partial charge in [-0.25, -0.2) is 0 Å². The van der Waals surface area contributed by atoms with Gasteiger partial charge in [0.25, 0.3) is 0 Å². The molecule has 20 fully saturated rings. The van der Waals surface area contributed by atoms with Gasteiger partial charge in [0.2, 0.25) is 0 Å². The summed E-state index contributed by atoms with van der Waals surface area (Å²) >= 11 is 0. The lowest BCUT2D eigenvalue weighted by Crippen LogP contribution is -2.77. The van der Waals surface area contributed by atoms with E-state index in [2.05, 4.69) is 30.6 Å². The number of rotatable bonds is 11. The van der Waals surface area contributed by atoms with Gasteiger partial charge in [-0.2, -0.15) is 0 Å². The van der Waals surface area contributed by atoms with Crippen LogP contribution in [0.1, 0.15) is 419 Å². The van der Waals surface area contributed by atoms with E-state index in [1.165, 1.54) is 0 Å². The average molecular weight is 1430 g/mol. The zero-order valence-electron chi connectivity index (χ0n) is 69.6. The topological polar surface area (TPSA) is 6.48 Å². The summed E-state index contributed by atoms with van der Waals surface area (Å²) in [6, 6.07) is 5.30. The van der Waals surface area contributed by atoms with Gasteiger partial charge >= 0.3 is 0 Å². The Kier molecular flexibility index (Phi) is 22.7. The summed E-state index contributed by atoms with van der Waals surface area (Å²) in [7, 11) is 0. The molecule has 2 heterocycles. The van der Waals surface area contributed by atoms with Gasteiger partial charge in [-0.3, -0.25) is 9.80 Å². The third kappa shape index (κ3) is 14.1. The first-order valence-corrected chi connectivity index (χ1v) is 51.3. The molecule has 23 atom stereocenters. The summed E-state index contributed by atoms with van der Waals surface area (Å²) in [4.78, 5) is 8.13. The van der Waals surface area contributed by atoms with Crippen LogP contribution in [0, 0.1) is 165 Å². The van der Waals surface area contributed by atoms with E-state index < -0.39 is 0 Å². The maximum absolute atomic E-state index is 4.11. The Morgan fingerprint density at radius 2 is 0.533 bits per heavy atom. The first kappa shape index (κ1) is 73.8. The van der Waals surface area contributed by atoms with Crippen molar-refractivity contribution >= 4 is 6.71 Å². The van der Waals surface area contributed by atoms with Crippen molar-refractivity contribution in [2.45, 2.75) is 473 Å². The zero-order valence-corrected chi connectivity index (χ0v) is 69.6. The van der Waals surface area contributed by atoms with E-state index in [4.69, 9.17) is 0 Å². The van der Waals surface area contributed by atoms with E-state index in [1.54, 1.807) is 398 Å². The van der Waals surface area contributed by atoms with Gasteiger partial charge in [-0.1, -0.05) is 297 Å². The SMILES string of the molecule is CC(C)(C)C1CCC(C2CC3C4B(C5CC(C6CCCCC6)CCC5N3C3C(C5CCCCC5)CC(C5CCCCC5)CC3C3CCCCC3)C3CCC(C5CCC6C7CCCC8CCCC(C9CCCC5C96)C87)CC3N(C3C(C5CCCCC5)CC(C5CCCCC5)CC3C3CCCCC3)C4C2)CC1. The molecule has 23 unspecified atom stereocenters. The minimum atomic E-state index is 0.456. The first-order chi connectivity index (χ1) is 51.7. The lowest BCUT2D eigenvalue weighted by molar-refractivity contribution is -0.162. The van der Waals surface area contributed by atoms with Gasteiger partial charge in [-0.05, 0) is 305 Å². The summed E-state index contributed by atoms with van der Waals surface area (Å²) in [5.74, 6) is 31.1. The molecular formula is C102H169BN2. The van der Waals surface area contributed by atoms with Gasteiger partial charge in [0.05, 0.1) is 0 Å². The lowest BCUT2D eigenvalue weighted by atomic mass is 9.17. The molecule has 2 saturated heterocycles. The van der Waals surface area contributed by atoms with Gasteiger partial charge in [-0.15, -0.1) is 0 Å². The fourth-order valence-electron chi connectivity index (χ4n) is 38.7. The number of nitrogens with zero attached hydrogens (tertiary/aromatic N) is 2. The van der Waals surface area contributed by atoms with E-state index in [1.807, 2.05) is 0 Å². The minimum Gasteiger partial charge on any atom is -0.295 e. The van der Waals surface area contributed by atoms with E-state index in [0.717, 1.165) is 220 Å². The van der Waals surface area contributed by atoms with Gasteiger partial charge < -0.3 is 0 Å². The molecule has 0 aromatic heterocycles. The summed E-state index contributed by atoms with van der Waals surface area (Å²) in [5.41, 5.74) is 0.456. The van der Waals surface area contributed by atoms with E-state index in [-0.39, 0.29) is 0 Å². The van der Waals surface area contributed by atoms with Crippen LogP contribution in [0.3, 0.4) is 0 Å². The number of fused-ring (bicyclic) bond motifs is 6. The standard InChI is InChI=1S/C102H169BN2/c1-102(2,3)80-52-48-69(49-53-80)79-64-95-99-96(65-79)105(101-89(72-38-21-9-22-39-72)60-78(68-32-15-6-16-33-68)61-90(101)73-40-23-10-24-41-73)94-63-76(81-54-55-86-84-45-26-43-74-42-25-44-83(97(74)84)85-47-27-46-82(81)98(85)86)50-56-91(94)103(99)92-62-75(66-28-11-4-12-29-66)51-57-93(92)104(95)100-87(70-34-17-7-18-35-70)58-77(67-30-13-5-14-31-67)59-88(100)71-36-19-8-20-37-71/h66-101H,4-65H2,1-3H3. The molecule has 3 heteroatoms. The summed E-state index contributed by atoms with van der Waals surface area (Å²) < 4.78 is 0. The highest BCUT2D eigenvalue weighted by Gasteiger charge is 2.70. The molecule has 2 nitrogen and oxygen atoms in total. The molecule has 105 heavy (non-hydrogen) atoms. The molecule has 0 radical (unpaired) electrons. The molecule has 18 saturated carbocycles. The van der Waals surface area contributed by atoms with Crippen LogP contribution in [0.4, 0.5) is 0 Å². The zero-order chi connectivity index (χ0) is 69.9. The van der Waals surface area contributed by atoms with Crippen molar-refractivity contribution in [3.05, 3.63) is 0 Å². The normalized spacial score (nSPS) is 49.5. The molecule has 0 bridgehead atoms. The third-order valence-corrected chi connectivity index (χ3v) is 42.5.